The summed E-state index contributed by atoms with van der Waals surface area (Å²) in [4.78, 5) is 17.7. The number of carbonyl (C=O) groups excluding carboxylic acids is 1. The molecule has 8 nitrogen and oxygen atoms in total. The average Bonchev–Trinajstić information content (AvgIpc) is 3.56. The summed E-state index contributed by atoms with van der Waals surface area (Å²) in [6, 6.07) is 16.5. The van der Waals surface area contributed by atoms with Crippen LogP contribution in [0.15, 0.2) is 48.5 Å². The SMILES string of the molecule is CC(C)Cn1nc(C(=O)CC2CCCCC2)nc1Cc1ccc(-c2ccccc2-c2nnn[nH]2)cc1. The molecule has 0 atom stereocenters. The second-order valence-corrected chi connectivity index (χ2v) is 10.2. The van der Waals surface area contributed by atoms with Crippen LogP contribution in [-0.2, 0) is 13.0 Å². The number of carbonyl (C=O) groups is 1. The Hall–Kier alpha value is -3.68. The Kier molecular flexibility index (Phi) is 7.30. The monoisotopic (exact) mass is 483 g/mol. The lowest BCUT2D eigenvalue weighted by molar-refractivity contribution is 0.0939. The molecule has 0 amide bonds. The fourth-order valence-corrected chi connectivity index (χ4v) is 5.06. The van der Waals surface area contributed by atoms with Crippen molar-refractivity contribution in [3.05, 3.63) is 65.7 Å². The zero-order chi connectivity index (χ0) is 24.9. The van der Waals surface area contributed by atoms with Crippen molar-refractivity contribution in [3.8, 4) is 22.5 Å². The van der Waals surface area contributed by atoms with Gasteiger partial charge in [0.1, 0.15) is 5.82 Å². The van der Waals surface area contributed by atoms with Crippen molar-refractivity contribution in [1.82, 2.24) is 35.4 Å². The summed E-state index contributed by atoms with van der Waals surface area (Å²) < 4.78 is 1.93. The third-order valence-electron chi connectivity index (χ3n) is 6.89. The van der Waals surface area contributed by atoms with Crippen molar-refractivity contribution >= 4 is 5.78 Å². The highest BCUT2D eigenvalue weighted by atomic mass is 16.1. The molecule has 2 heterocycles. The Bertz CT molecular complexity index is 1290. The number of hydrogen-bond acceptors (Lipinski definition) is 6. The Morgan fingerprint density at radius 3 is 2.47 bits per heavy atom. The molecule has 5 rings (SSSR count). The number of Topliss-reactive ketones (excluding diaryl/α,β-unsaturated/α-hetero) is 1. The third-order valence-corrected chi connectivity index (χ3v) is 6.89. The summed E-state index contributed by atoms with van der Waals surface area (Å²) in [6.45, 7) is 5.06. The van der Waals surface area contributed by atoms with E-state index in [2.05, 4.69) is 69.9 Å². The van der Waals surface area contributed by atoms with Gasteiger partial charge in [0.05, 0.1) is 0 Å². The first-order chi connectivity index (χ1) is 17.6. The van der Waals surface area contributed by atoms with E-state index in [1.54, 1.807) is 0 Å². The van der Waals surface area contributed by atoms with E-state index in [4.69, 9.17) is 4.98 Å². The molecular weight excluding hydrogens is 450 g/mol. The Labute approximate surface area is 211 Å². The number of aromatic amines is 1. The van der Waals surface area contributed by atoms with E-state index >= 15 is 0 Å². The van der Waals surface area contributed by atoms with Crippen LogP contribution in [0.3, 0.4) is 0 Å². The number of H-pyrrole nitrogens is 1. The minimum atomic E-state index is 0.0829. The molecule has 36 heavy (non-hydrogen) atoms. The van der Waals surface area contributed by atoms with Gasteiger partial charge in [-0.15, -0.1) is 10.2 Å². The summed E-state index contributed by atoms with van der Waals surface area (Å²) in [5.74, 6) is 2.84. The van der Waals surface area contributed by atoms with Gasteiger partial charge in [0.25, 0.3) is 0 Å². The molecule has 0 saturated heterocycles. The summed E-state index contributed by atoms with van der Waals surface area (Å²) in [5, 5.41) is 19.0. The van der Waals surface area contributed by atoms with Gasteiger partial charge < -0.3 is 0 Å². The van der Waals surface area contributed by atoms with Gasteiger partial charge in [0.15, 0.2) is 5.82 Å². The molecule has 0 bridgehead atoms. The number of hydrogen-bond donors (Lipinski definition) is 1. The van der Waals surface area contributed by atoms with E-state index in [1.165, 1.54) is 19.3 Å². The molecule has 0 radical (unpaired) electrons. The van der Waals surface area contributed by atoms with Crippen molar-refractivity contribution < 1.29 is 4.79 Å². The van der Waals surface area contributed by atoms with Gasteiger partial charge >= 0.3 is 0 Å². The standard InChI is InChI=1S/C28H33N7O/c1-19(2)18-35-26(29-28(32-35)25(36)16-20-8-4-3-5-9-20)17-21-12-14-22(15-13-21)23-10-6-7-11-24(23)27-30-33-34-31-27/h6-7,10-15,19-20H,3-5,8-9,16-18H2,1-2H3,(H,30,31,33,34). The highest BCUT2D eigenvalue weighted by Gasteiger charge is 2.22. The van der Waals surface area contributed by atoms with Gasteiger partial charge in [-0.3, -0.25) is 4.79 Å². The first kappa shape index (κ1) is 24.0. The van der Waals surface area contributed by atoms with Gasteiger partial charge in [0, 0.05) is 24.9 Å². The van der Waals surface area contributed by atoms with Gasteiger partial charge in [0.2, 0.25) is 11.6 Å². The molecule has 1 saturated carbocycles. The van der Waals surface area contributed by atoms with Crippen LogP contribution in [0, 0.1) is 11.8 Å². The topological polar surface area (TPSA) is 102 Å². The zero-order valence-electron chi connectivity index (χ0n) is 21.0. The number of aromatic nitrogens is 7. The molecular formula is C28H33N7O. The molecule has 2 aromatic carbocycles. The lowest BCUT2D eigenvalue weighted by Gasteiger charge is -2.19. The maximum Gasteiger partial charge on any atom is 0.217 e. The Balaban J connectivity index is 1.35. The summed E-state index contributed by atoms with van der Waals surface area (Å²) >= 11 is 0. The summed E-state index contributed by atoms with van der Waals surface area (Å²) in [6.07, 6.45) is 7.24. The molecule has 0 spiro atoms. The Morgan fingerprint density at radius 2 is 1.78 bits per heavy atom. The quantitative estimate of drug-likeness (QED) is 0.314. The van der Waals surface area contributed by atoms with E-state index in [0.29, 0.717) is 36.3 Å². The lowest BCUT2D eigenvalue weighted by Crippen LogP contribution is -2.14. The van der Waals surface area contributed by atoms with Crippen molar-refractivity contribution in [2.45, 2.75) is 65.3 Å². The first-order valence-electron chi connectivity index (χ1n) is 13.0. The molecule has 1 fully saturated rings. The number of nitrogens with zero attached hydrogens (tertiary/aromatic N) is 6. The normalized spacial score (nSPS) is 14.4. The van der Waals surface area contributed by atoms with Crippen molar-refractivity contribution in [2.24, 2.45) is 11.8 Å². The number of rotatable bonds is 9. The highest BCUT2D eigenvalue weighted by molar-refractivity contribution is 5.92. The van der Waals surface area contributed by atoms with Gasteiger partial charge in [-0.1, -0.05) is 94.5 Å². The van der Waals surface area contributed by atoms with E-state index in [-0.39, 0.29) is 5.78 Å². The van der Waals surface area contributed by atoms with Crippen LogP contribution in [-0.4, -0.2) is 41.2 Å². The number of nitrogens with one attached hydrogen (secondary N) is 1. The number of tetrazole rings is 1. The second-order valence-electron chi connectivity index (χ2n) is 10.2. The average molecular weight is 484 g/mol. The van der Waals surface area contributed by atoms with Crippen LogP contribution in [0.25, 0.3) is 22.5 Å². The van der Waals surface area contributed by atoms with E-state index in [1.807, 2.05) is 22.9 Å². The minimum absolute atomic E-state index is 0.0829. The van der Waals surface area contributed by atoms with Crippen molar-refractivity contribution in [2.75, 3.05) is 0 Å². The summed E-state index contributed by atoms with van der Waals surface area (Å²) in [7, 11) is 0. The Morgan fingerprint density at radius 1 is 1.03 bits per heavy atom. The van der Waals surface area contributed by atoms with E-state index in [0.717, 1.165) is 47.5 Å². The maximum atomic E-state index is 13.0. The van der Waals surface area contributed by atoms with Crippen molar-refractivity contribution in [3.63, 3.8) is 0 Å². The molecule has 1 aliphatic carbocycles. The van der Waals surface area contributed by atoms with E-state index in [9.17, 15) is 4.79 Å². The van der Waals surface area contributed by atoms with Crippen LogP contribution in [0.4, 0.5) is 0 Å². The van der Waals surface area contributed by atoms with Crippen LogP contribution >= 0.6 is 0 Å². The van der Waals surface area contributed by atoms with Crippen LogP contribution in [0.2, 0.25) is 0 Å². The van der Waals surface area contributed by atoms with Crippen LogP contribution < -0.4 is 0 Å². The van der Waals surface area contributed by atoms with Crippen LogP contribution in [0.5, 0.6) is 0 Å². The molecule has 0 unspecified atom stereocenters. The third kappa shape index (κ3) is 5.58. The van der Waals surface area contributed by atoms with Crippen LogP contribution in [0.1, 0.15) is 74.4 Å². The second kappa shape index (κ2) is 10.9. The minimum Gasteiger partial charge on any atom is -0.291 e. The predicted octanol–water partition coefficient (Wildman–Crippen LogP) is 5.53. The summed E-state index contributed by atoms with van der Waals surface area (Å²) in [5.41, 5.74) is 4.22. The van der Waals surface area contributed by atoms with Gasteiger partial charge in [-0.05, 0) is 39.0 Å². The first-order valence-corrected chi connectivity index (χ1v) is 13.0. The van der Waals surface area contributed by atoms with Crippen molar-refractivity contribution in [1.29, 1.82) is 0 Å². The molecule has 0 aliphatic heterocycles. The van der Waals surface area contributed by atoms with Gasteiger partial charge in [-0.25, -0.2) is 14.8 Å². The molecule has 4 aromatic rings. The van der Waals surface area contributed by atoms with E-state index < -0.39 is 0 Å². The number of benzene rings is 2. The number of ketones is 1. The highest BCUT2D eigenvalue weighted by Crippen LogP contribution is 2.30. The zero-order valence-corrected chi connectivity index (χ0v) is 21.0. The van der Waals surface area contributed by atoms with Gasteiger partial charge in [-0.2, -0.15) is 0 Å². The molecule has 1 N–H and O–H groups in total. The molecule has 1 aliphatic rings. The largest absolute Gasteiger partial charge is 0.291 e. The molecule has 2 aromatic heterocycles. The molecule has 8 heteroatoms. The fraction of sp³-hybridized carbons (Fsp3) is 0.429. The maximum absolute atomic E-state index is 13.0. The lowest BCUT2D eigenvalue weighted by atomic mass is 9.86. The predicted molar refractivity (Wildman–Crippen MR) is 138 cm³/mol. The molecule has 186 valence electrons. The fourth-order valence-electron chi connectivity index (χ4n) is 5.06. The smallest absolute Gasteiger partial charge is 0.217 e.